The van der Waals surface area contributed by atoms with Gasteiger partial charge in [-0.05, 0) is 66.5 Å². The second-order valence-corrected chi connectivity index (χ2v) is 9.36. The maximum absolute atomic E-state index is 13.5. The monoisotopic (exact) mass is 441 g/mol. The largest absolute Gasteiger partial charge is 0.462 e. The standard InChI is InChI=1S/C29H28FNO2/c1-18-25(14-13-24-12-11-22(17-31-24)21-9-6-10-23(30)15-21)28-19(2)33-29(32)27(28)16-26(18)20-7-4-3-5-8-20/h3-15,17-19,25-28H,16H2,1-2H3/b14-13+. The zero-order valence-electron chi connectivity index (χ0n) is 18.9. The Balaban J connectivity index is 1.42. The number of cyclic esters (lactones) is 1. The number of carbonyl (C=O) groups excluding carboxylic acids is 1. The Hall–Kier alpha value is -3.27. The first kappa shape index (κ1) is 21.6. The van der Waals surface area contributed by atoms with E-state index in [0.717, 1.165) is 23.2 Å². The van der Waals surface area contributed by atoms with E-state index in [4.69, 9.17) is 4.74 Å². The second kappa shape index (κ2) is 8.93. The summed E-state index contributed by atoms with van der Waals surface area (Å²) in [4.78, 5) is 17.2. The van der Waals surface area contributed by atoms with E-state index in [0.29, 0.717) is 11.8 Å². The van der Waals surface area contributed by atoms with Gasteiger partial charge < -0.3 is 4.74 Å². The number of rotatable bonds is 4. The average Bonchev–Trinajstić information content (AvgIpc) is 3.12. The molecule has 3 aromatic rings. The van der Waals surface area contributed by atoms with Crippen LogP contribution >= 0.6 is 0 Å². The Morgan fingerprint density at radius 2 is 1.79 bits per heavy atom. The number of halogens is 1. The summed E-state index contributed by atoms with van der Waals surface area (Å²) in [5.41, 5.74) is 3.82. The predicted molar refractivity (Wildman–Crippen MR) is 128 cm³/mol. The van der Waals surface area contributed by atoms with E-state index in [-0.39, 0.29) is 35.6 Å². The van der Waals surface area contributed by atoms with Gasteiger partial charge in [0, 0.05) is 17.7 Å². The van der Waals surface area contributed by atoms with Crippen LogP contribution in [0.1, 0.15) is 37.4 Å². The molecule has 1 aliphatic carbocycles. The first-order valence-electron chi connectivity index (χ1n) is 11.7. The van der Waals surface area contributed by atoms with Gasteiger partial charge in [-0.15, -0.1) is 0 Å². The van der Waals surface area contributed by atoms with Gasteiger partial charge >= 0.3 is 5.97 Å². The van der Waals surface area contributed by atoms with Crippen molar-refractivity contribution in [1.82, 2.24) is 4.98 Å². The molecule has 0 amide bonds. The van der Waals surface area contributed by atoms with Gasteiger partial charge in [0.1, 0.15) is 11.9 Å². The van der Waals surface area contributed by atoms with Crippen LogP contribution in [0.5, 0.6) is 0 Å². The van der Waals surface area contributed by atoms with Crippen molar-refractivity contribution in [3.8, 4) is 11.1 Å². The van der Waals surface area contributed by atoms with E-state index in [1.165, 1.54) is 17.7 Å². The molecule has 33 heavy (non-hydrogen) atoms. The smallest absolute Gasteiger partial charge is 0.309 e. The van der Waals surface area contributed by atoms with Crippen molar-refractivity contribution in [3.05, 3.63) is 96.1 Å². The van der Waals surface area contributed by atoms with E-state index in [2.05, 4.69) is 48.3 Å². The molecule has 1 aliphatic heterocycles. The number of benzene rings is 2. The molecule has 2 heterocycles. The fourth-order valence-electron chi connectivity index (χ4n) is 5.77. The Morgan fingerprint density at radius 3 is 2.52 bits per heavy atom. The van der Waals surface area contributed by atoms with Crippen molar-refractivity contribution in [2.75, 3.05) is 0 Å². The van der Waals surface area contributed by atoms with Crippen molar-refractivity contribution >= 4 is 12.0 Å². The lowest BCUT2D eigenvalue weighted by Gasteiger charge is -2.42. The average molecular weight is 442 g/mol. The molecular weight excluding hydrogens is 413 g/mol. The first-order chi connectivity index (χ1) is 16.0. The van der Waals surface area contributed by atoms with E-state index < -0.39 is 0 Å². The summed E-state index contributed by atoms with van der Waals surface area (Å²) in [5.74, 6) is 0.676. The van der Waals surface area contributed by atoms with Crippen LogP contribution in [-0.2, 0) is 9.53 Å². The lowest BCUT2D eigenvalue weighted by Crippen LogP contribution is -2.39. The quantitative estimate of drug-likeness (QED) is 0.433. The zero-order valence-corrected chi connectivity index (χ0v) is 18.9. The number of nitrogens with zero attached hydrogens (tertiary/aromatic N) is 1. The number of fused-ring (bicyclic) bond motifs is 1. The van der Waals surface area contributed by atoms with Crippen LogP contribution in [0.2, 0.25) is 0 Å². The highest BCUT2D eigenvalue weighted by Gasteiger charge is 2.52. The number of hydrogen-bond acceptors (Lipinski definition) is 3. The van der Waals surface area contributed by atoms with Crippen LogP contribution in [0.3, 0.4) is 0 Å². The van der Waals surface area contributed by atoms with Crippen molar-refractivity contribution in [2.45, 2.75) is 32.3 Å². The summed E-state index contributed by atoms with van der Waals surface area (Å²) in [6.07, 6.45) is 6.80. The molecule has 2 fully saturated rings. The fourth-order valence-corrected chi connectivity index (χ4v) is 5.77. The molecule has 1 aromatic heterocycles. The highest BCUT2D eigenvalue weighted by atomic mass is 19.1. The third-order valence-corrected chi connectivity index (χ3v) is 7.47. The minimum absolute atomic E-state index is 0.0590. The van der Waals surface area contributed by atoms with Crippen LogP contribution in [0, 0.1) is 29.5 Å². The molecule has 1 saturated carbocycles. The molecule has 0 spiro atoms. The summed E-state index contributed by atoms with van der Waals surface area (Å²) in [5, 5.41) is 0. The first-order valence-corrected chi connectivity index (χ1v) is 11.7. The molecule has 2 aromatic carbocycles. The maximum atomic E-state index is 13.5. The van der Waals surface area contributed by atoms with Gasteiger partial charge in [-0.3, -0.25) is 9.78 Å². The number of pyridine rings is 1. The second-order valence-electron chi connectivity index (χ2n) is 9.36. The molecule has 6 unspecified atom stereocenters. The molecule has 3 nitrogen and oxygen atoms in total. The van der Waals surface area contributed by atoms with Crippen molar-refractivity contribution in [3.63, 3.8) is 0 Å². The highest BCUT2D eigenvalue weighted by Crippen LogP contribution is 2.52. The lowest BCUT2D eigenvalue weighted by atomic mass is 9.60. The highest BCUT2D eigenvalue weighted by molar-refractivity contribution is 5.76. The van der Waals surface area contributed by atoms with Gasteiger partial charge in [0.25, 0.3) is 0 Å². The normalized spacial score (nSPS) is 29.1. The SMILES string of the molecule is CC1OC(=O)C2CC(c3ccccc3)C(C)C(/C=C/c3ccc(-c4cccc(F)c4)cn3)C12. The summed E-state index contributed by atoms with van der Waals surface area (Å²) in [6.45, 7) is 4.31. The number of carbonyl (C=O) groups is 1. The fraction of sp³-hybridized carbons (Fsp3) is 0.310. The molecule has 168 valence electrons. The third-order valence-electron chi connectivity index (χ3n) is 7.47. The van der Waals surface area contributed by atoms with Crippen LogP contribution in [-0.4, -0.2) is 17.1 Å². The zero-order chi connectivity index (χ0) is 22.9. The van der Waals surface area contributed by atoms with Crippen molar-refractivity contribution in [2.24, 2.45) is 23.7 Å². The topological polar surface area (TPSA) is 39.2 Å². The molecule has 4 heteroatoms. The number of allylic oxidation sites excluding steroid dienone is 1. The van der Waals surface area contributed by atoms with Gasteiger partial charge in [-0.1, -0.05) is 61.5 Å². The molecular formula is C29H28FNO2. The number of esters is 1. The predicted octanol–water partition coefficient (Wildman–Crippen LogP) is 6.52. The Labute approximate surface area is 194 Å². The lowest BCUT2D eigenvalue weighted by molar-refractivity contribution is -0.144. The van der Waals surface area contributed by atoms with E-state index in [1.807, 2.05) is 31.2 Å². The molecule has 2 aliphatic rings. The molecule has 0 radical (unpaired) electrons. The van der Waals surface area contributed by atoms with Crippen LogP contribution in [0.4, 0.5) is 4.39 Å². The Bertz CT molecular complexity index is 1160. The minimum Gasteiger partial charge on any atom is -0.462 e. The number of hydrogen-bond donors (Lipinski definition) is 0. The van der Waals surface area contributed by atoms with Gasteiger partial charge in [0.15, 0.2) is 0 Å². The van der Waals surface area contributed by atoms with Gasteiger partial charge in [0.2, 0.25) is 0 Å². The molecule has 6 atom stereocenters. The number of ether oxygens (including phenoxy) is 1. The van der Waals surface area contributed by atoms with E-state index in [9.17, 15) is 9.18 Å². The van der Waals surface area contributed by atoms with Crippen molar-refractivity contribution < 1.29 is 13.9 Å². The summed E-state index contributed by atoms with van der Waals surface area (Å²) >= 11 is 0. The summed E-state index contributed by atoms with van der Waals surface area (Å²) in [6, 6.07) is 20.9. The van der Waals surface area contributed by atoms with E-state index in [1.54, 1.807) is 12.3 Å². The van der Waals surface area contributed by atoms with Crippen molar-refractivity contribution in [1.29, 1.82) is 0 Å². The van der Waals surface area contributed by atoms with Gasteiger partial charge in [0.05, 0.1) is 11.6 Å². The van der Waals surface area contributed by atoms with E-state index >= 15 is 0 Å². The summed E-state index contributed by atoms with van der Waals surface area (Å²) in [7, 11) is 0. The maximum Gasteiger partial charge on any atom is 0.309 e. The number of aromatic nitrogens is 1. The molecule has 1 saturated heterocycles. The van der Waals surface area contributed by atoms with Gasteiger partial charge in [-0.25, -0.2) is 4.39 Å². The van der Waals surface area contributed by atoms with Crippen LogP contribution in [0.25, 0.3) is 17.2 Å². The Kier molecular flexibility index (Phi) is 5.84. The molecule has 0 bridgehead atoms. The minimum atomic E-state index is -0.257. The third kappa shape index (κ3) is 4.22. The van der Waals surface area contributed by atoms with Gasteiger partial charge in [-0.2, -0.15) is 0 Å². The Morgan fingerprint density at radius 1 is 0.970 bits per heavy atom. The molecule has 5 rings (SSSR count). The molecule has 0 N–H and O–H groups in total. The summed E-state index contributed by atoms with van der Waals surface area (Å²) < 4.78 is 19.2. The van der Waals surface area contributed by atoms with Crippen LogP contribution < -0.4 is 0 Å². The van der Waals surface area contributed by atoms with Crippen LogP contribution in [0.15, 0.2) is 79.0 Å².